The van der Waals surface area contributed by atoms with Gasteiger partial charge in [-0.2, -0.15) is 0 Å². The fourth-order valence-corrected chi connectivity index (χ4v) is 5.72. The Morgan fingerprint density at radius 1 is 0.556 bits per heavy atom. The molecule has 0 unspecified atom stereocenters. The molecular weight excluding hydrogens is 438 g/mol. The van der Waals surface area contributed by atoms with Gasteiger partial charge in [0.2, 0.25) is 0 Å². The lowest BCUT2D eigenvalue weighted by Gasteiger charge is -2.12. The highest BCUT2D eigenvalue weighted by atomic mass is 15.3. The van der Waals surface area contributed by atoms with Gasteiger partial charge >= 0.3 is 0 Å². The zero-order chi connectivity index (χ0) is 23.6. The third-order valence-corrected chi connectivity index (χ3v) is 7.35. The summed E-state index contributed by atoms with van der Waals surface area (Å²) >= 11 is 0. The number of aromatic nitrogens is 3. The molecule has 0 aliphatic heterocycles. The van der Waals surface area contributed by atoms with Crippen LogP contribution in [0.5, 0.6) is 0 Å². The number of rotatable bonds is 2. The van der Waals surface area contributed by atoms with Crippen LogP contribution in [0.15, 0.2) is 121 Å². The van der Waals surface area contributed by atoms with E-state index >= 15 is 0 Å². The predicted octanol–water partition coefficient (Wildman–Crippen LogP) is 8.63. The Balaban J connectivity index is 1.52. The molecule has 0 aliphatic carbocycles. The Bertz CT molecular complexity index is 2080. The minimum absolute atomic E-state index is 1.02. The van der Waals surface area contributed by atoms with E-state index in [1.54, 1.807) is 0 Å². The van der Waals surface area contributed by atoms with Gasteiger partial charge < -0.3 is 5.10 Å². The molecule has 0 bridgehead atoms. The number of aromatic amines is 1. The first-order chi connectivity index (χ1) is 17.8. The molecule has 0 fully saturated rings. The molecule has 36 heavy (non-hydrogen) atoms. The Hall–Kier alpha value is -4.89. The Morgan fingerprint density at radius 2 is 1.33 bits per heavy atom. The van der Waals surface area contributed by atoms with Crippen molar-refractivity contribution < 1.29 is 0 Å². The van der Waals surface area contributed by atoms with Crippen LogP contribution in [-0.2, 0) is 0 Å². The van der Waals surface area contributed by atoms with Crippen molar-refractivity contribution in [1.82, 2.24) is 14.8 Å². The van der Waals surface area contributed by atoms with Crippen LogP contribution in [0.3, 0.4) is 0 Å². The van der Waals surface area contributed by atoms with E-state index in [1.165, 1.54) is 48.8 Å². The van der Waals surface area contributed by atoms with Crippen molar-refractivity contribution in [1.29, 1.82) is 0 Å². The van der Waals surface area contributed by atoms with Crippen LogP contribution in [-0.4, -0.2) is 14.8 Å². The highest BCUT2D eigenvalue weighted by Gasteiger charge is 2.17. The van der Waals surface area contributed by atoms with Gasteiger partial charge in [0.15, 0.2) is 0 Å². The Morgan fingerprint density at radius 3 is 2.19 bits per heavy atom. The molecular formula is C33H21N3. The lowest BCUT2D eigenvalue weighted by Crippen LogP contribution is -1.94. The van der Waals surface area contributed by atoms with Crippen molar-refractivity contribution in [3.8, 4) is 16.8 Å². The lowest BCUT2D eigenvalue weighted by atomic mass is 9.91. The largest absolute Gasteiger partial charge is 0.300 e. The molecule has 0 saturated carbocycles. The summed E-state index contributed by atoms with van der Waals surface area (Å²) in [7, 11) is 0. The molecule has 2 heterocycles. The number of fused-ring (bicyclic) bond motifs is 8. The van der Waals surface area contributed by atoms with Crippen molar-refractivity contribution in [2.45, 2.75) is 0 Å². The minimum Gasteiger partial charge on any atom is -0.300 e. The maximum atomic E-state index is 5.11. The van der Waals surface area contributed by atoms with E-state index in [-0.39, 0.29) is 0 Å². The first-order valence-corrected chi connectivity index (χ1v) is 12.2. The first-order valence-electron chi connectivity index (χ1n) is 12.2. The van der Waals surface area contributed by atoms with Crippen molar-refractivity contribution in [3.05, 3.63) is 121 Å². The molecule has 8 rings (SSSR count). The van der Waals surface area contributed by atoms with Crippen LogP contribution < -0.4 is 0 Å². The van der Waals surface area contributed by atoms with Crippen LogP contribution in [0.2, 0.25) is 0 Å². The highest BCUT2D eigenvalue weighted by molar-refractivity contribution is 6.30. The number of benzene rings is 6. The number of hydrogen-bond donors (Lipinski definition) is 1. The minimum atomic E-state index is 1.02. The van der Waals surface area contributed by atoms with Crippen LogP contribution >= 0.6 is 0 Å². The van der Waals surface area contributed by atoms with Gasteiger partial charge in [-0.25, -0.2) is 4.98 Å². The van der Waals surface area contributed by atoms with Crippen molar-refractivity contribution >= 4 is 54.3 Å². The highest BCUT2D eigenvalue weighted by Crippen LogP contribution is 2.42. The predicted molar refractivity (Wildman–Crippen MR) is 151 cm³/mol. The number of nitrogens with zero attached hydrogens (tertiary/aromatic N) is 2. The SMILES string of the molecule is c1ccc(-c2cc3ccccc3c3c2ccc2nc4cc5c(c[nH]n5-c5ccccc5)cc4c23)cc1. The summed E-state index contributed by atoms with van der Waals surface area (Å²) in [6, 6.07) is 41.0. The summed E-state index contributed by atoms with van der Waals surface area (Å²) in [6.45, 7) is 0. The fourth-order valence-electron chi connectivity index (χ4n) is 5.72. The zero-order valence-corrected chi connectivity index (χ0v) is 19.4. The van der Waals surface area contributed by atoms with Gasteiger partial charge in [-0.05, 0) is 63.7 Å². The Kier molecular flexibility index (Phi) is 3.94. The van der Waals surface area contributed by atoms with Gasteiger partial charge in [0.05, 0.1) is 22.2 Å². The smallest absolute Gasteiger partial charge is 0.0739 e. The van der Waals surface area contributed by atoms with Gasteiger partial charge in [0, 0.05) is 27.7 Å². The van der Waals surface area contributed by atoms with E-state index in [4.69, 9.17) is 4.98 Å². The molecule has 0 radical (unpaired) electrons. The number of para-hydroxylation sites is 1. The van der Waals surface area contributed by atoms with Gasteiger partial charge in [-0.15, -0.1) is 0 Å². The fraction of sp³-hybridized carbons (Fsp3) is 0. The third-order valence-electron chi connectivity index (χ3n) is 7.35. The third kappa shape index (κ3) is 2.71. The van der Waals surface area contributed by atoms with E-state index in [0.29, 0.717) is 0 Å². The molecule has 0 saturated heterocycles. The maximum Gasteiger partial charge on any atom is 0.0739 e. The molecule has 1 N–H and O–H groups in total. The number of H-pyrrole nitrogens is 1. The monoisotopic (exact) mass is 459 g/mol. The van der Waals surface area contributed by atoms with Crippen LogP contribution in [0.1, 0.15) is 0 Å². The van der Waals surface area contributed by atoms with E-state index in [2.05, 4.69) is 125 Å². The summed E-state index contributed by atoms with van der Waals surface area (Å²) in [5.41, 5.74) is 6.76. The average molecular weight is 460 g/mol. The second-order valence-electron chi connectivity index (χ2n) is 9.38. The molecule has 3 heteroatoms. The van der Waals surface area contributed by atoms with Gasteiger partial charge in [-0.1, -0.05) is 78.9 Å². The molecule has 2 aromatic heterocycles. The second kappa shape index (κ2) is 7.30. The first kappa shape index (κ1) is 19.4. The standard InChI is InChI=1S/C33H21N3/c1-3-9-21(10-4-1)27-17-22-11-7-8-14-25(22)32-26(27)15-16-29-33(32)28-18-23-20-34-36(24-12-5-2-6-13-24)31(23)19-30(28)35-29/h1-20,34H. The molecule has 3 nitrogen and oxygen atoms in total. The molecule has 168 valence electrons. The molecule has 0 aliphatic rings. The van der Waals surface area contributed by atoms with Crippen molar-refractivity contribution in [3.63, 3.8) is 0 Å². The zero-order valence-electron chi connectivity index (χ0n) is 19.4. The molecule has 8 aromatic rings. The molecule has 0 spiro atoms. The Labute approximate surface area is 207 Å². The number of hydrogen-bond acceptors (Lipinski definition) is 1. The summed E-state index contributed by atoms with van der Waals surface area (Å²) < 4.78 is 2.12. The molecule has 0 amide bonds. The van der Waals surface area contributed by atoms with Crippen LogP contribution in [0.25, 0.3) is 71.1 Å². The van der Waals surface area contributed by atoms with E-state index in [0.717, 1.165) is 22.2 Å². The van der Waals surface area contributed by atoms with Crippen LogP contribution in [0, 0.1) is 0 Å². The van der Waals surface area contributed by atoms with Gasteiger partial charge in [0.25, 0.3) is 0 Å². The van der Waals surface area contributed by atoms with Gasteiger partial charge in [0.1, 0.15) is 0 Å². The summed E-state index contributed by atoms with van der Waals surface area (Å²) in [5, 5.41) is 12.1. The molecule has 0 atom stereocenters. The lowest BCUT2D eigenvalue weighted by molar-refractivity contribution is 0.911. The van der Waals surface area contributed by atoms with Crippen molar-refractivity contribution in [2.24, 2.45) is 0 Å². The number of nitrogens with one attached hydrogen (secondary N) is 1. The normalized spacial score (nSPS) is 11.9. The molecule has 6 aromatic carbocycles. The van der Waals surface area contributed by atoms with E-state index in [1.807, 2.05) is 6.07 Å². The summed E-state index contributed by atoms with van der Waals surface area (Å²) in [6.07, 6.45) is 2.08. The maximum absolute atomic E-state index is 5.11. The quantitative estimate of drug-likeness (QED) is 0.258. The van der Waals surface area contributed by atoms with Crippen LogP contribution in [0.4, 0.5) is 0 Å². The van der Waals surface area contributed by atoms with Crippen molar-refractivity contribution in [2.75, 3.05) is 0 Å². The topological polar surface area (TPSA) is 33.6 Å². The second-order valence-corrected chi connectivity index (χ2v) is 9.38. The average Bonchev–Trinajstić information content (AvgIpc) is 3.52. The summed E-state index contributed by atoms with van der Waals surface area (Å²) in [5.74, 6) is 0. The van der Waals surface area contributed by atoms with Gasteiger partial charge in [-0.3, -0.25) is 4.68 Å². The summed E-state index contributed by atoms with van der Waals surface area (Å²) in [4.78, 5) is 5.11. The van der Waals surface area contributed by atoms with E-state index in [9.17, 15) is 0 Å². The van der Waals surface area contributed by atoms with E-state index < -0.39 is 0 Å².